The molecule has 2 heterocycles. The Bertz CT molecular complexity index is 1560. The quantitative estimate of drug-likeness (QED) is 0.285. The Morgan fingerprint density at radius 1 is 0.353 bits per heavy atom. The molecule has 0 bridgehead atoms. The summed E-state index contributed by atoms with van der Waals surface area (Å²) in [4.78, 5) is 14.9. The number of hydrogen-bond donors (Lipinski definition) is 0. The van der Waals surface area contributed by atoms with Crippen LogP contribution in [0.25, 0.3) is 56.1 Å². The second kappa shape index (κ2) is 8.72. The van der Waals surface area contributed by atoms with Crippen molar-refractivity contribution in [1.82, 2.24) is 15.0 Å². The van der Waals surface area contributed by atoms with Crippen molar-refractivity contribution in [2.45, 2.75) is 0 Å². The monoisotopic (exact) mass is 435 g/mol. The minimum Gasteiger partial charge on any atom is -0.244 e. The number of hydrogen-bond acceptors (Lipinski definition) is 3. The van der Waals surface area contributed by atoms with Crippen LogP contribution in [0.3, 0.4) is 0 Å². The largest absolute Gasteiger partial charge is 0.244 e. The van der Waals surface area contributed by atoms with E-state index in [9.17, 15) is 0 Å². The number of rotatable bonds is 4. The summed E-state index contributed by atoms with van der Waals surface area (Å²) in [5, 5.41) is 0. The predicted octanol–water partition coefficient (Wildman–Crippen LogP) is 7.69. The molecule has 0 N–H and O–H groups in total. The summed E-state index contributed by atoms with van der Waals surface area (Å²) in [5.74, 6) is 0.695. The first-order valence-electron chi connectivity index (χ1n) is 11.3. The zero-order chi connectivity index (χ0) is 22.7. The molecule has 0 aliphatic carbocycles. The molecular formula is C31H21N3. The molecule has 0 amide bonds. The highest BCUT2D eigenvalue weighted by Crippen LogP contribution is 2.31. The van der Waals surface area contributed by atoms with Crippen LogP contribution in [-0.4, -0.2) is 15.0 Å². The molecule has 6 rings (SSSR count). The van der Waals surface area contributed by atoms with Gasteiger partial charge in [0.15, 0.2) is 5.82 Å². The van der Waals surface area contributed by atoms with Gasteiger partial charge in [0.2, 0.25) is 0 Å². The molecule has 6 aromatic rings. The first kappa shape index (κ1) is 20.0. The maximum atomic E-state index is 5.00. The molecule has 34 heavy (non-hydrogen) atoms. The van der Waals surface area contributed by atoms with Gasteiger partial charge in [-0.2, -0.15) is 0 Å². The lowest BCUT2D eigenvalue weighted by Gasteiger charge is -2.11. The lowest BCUT2D eigenvalue weighted by molar-refractivity contribution is 1.21. The van der Waals surface area contributed by atoms with Gasteiger partial charge in [0.25, 0.3) is 0 Å². The predicted molar refractivity (Wildman–Crippen MR) is 139 cm³/mol. The molecule has 0 saturated carbocycles. The fourth-order valence-corrected chi connectivity index (χ4v) is 4.15. The summed E-state index contributed by atoms with van der Waals surface area (Å²) in [6, 6.07) is 43.3. The van der Waals surface area contributed by atoms with E-state index in [0.717, 1.165) is 39.1 Å². The molecule has 0 aliphatic heterocycles. The summed E-state index contributed by atoms with van der Waals surface area (Å²) in [5.41, 5.74) is 8.82. The third kappa shape index (κ3) is 3.84. The van der Waals surface area contributed by atoms with Gasteiger partial charge in [-0.1, -0.05) is 115 Å². The summed E-state index contributed by atoms with van der Waals surface area (Å²) < 4.78 is 0. The van der Waals surface area contributed by atoms with Crippen LogP contribution in [0, 0.1) is 0 Å². The third-order valence-corrected chi connectivity index (χ3v) is 5.91. The lowest BCUT2D eigenvalue weighted by Crippen LogP contribution is -1.98. The number of fused-ring (bicyclic) bond motifs is 1. The maximum absolute atomic E-state index is 5.00. The molecule has 0 radical (unpaired) electrons. The van der Waals surface area contributed by atoms with Gasteiger partial charge in [0.05, 0.1) is 11.2 Å². The Labute approximate surface area is 198 Å². The minimum absolute atomic E-state index is 0.695. The highest BCUT2D eigenvalue weighted by Gasteiger charge is 2.14. The number of benzene rings is 4. The van der Waals surface area contributed by atoms with Gasteiger partial charge in [0.1, 0.15) is 11.2 Å². The SMILES string of the molecule is c1ccc(-c2ccc(-c3nc(-c4ccccc4)c4nc(-c5ccccc5)ccc4n3)cc2)cc1. The molecule has 0 unspecified atom stereocenters. The van der Waals surface area contributed by atoms with Crippen LogP contribution >= 0.6 is 0 Å². The van der Waals surface area contributed by atoms with Gasteiger partial charge >= 0.3 is 0 Å². The van der Waals surface area contributed by atoms with Gasteiger partial charge < -0.3 is 0 Å². The Kier molecular flexibility index (Phi) is 5.13. The van der Waals surface area contributed by atoms with Crippen molar-refractivity contribution in [3.63, 3.8) is 0 Å². The molecule has 3 heteroatoms. The standard InChI is InChI=1S/C31H21N3/c1-4-10-22(11-5-1)23-16-18-26(19-17-23)31-33-28-21-20-27(24-12-6-2-7-13-24)32-30(28)29(34-31)25-14-8-3-9-15-25/h1-21H. The zero-order valence-electron chi connectivity index (χ0n) is 18.5. The van der Waals surface area contributed by atoms with E-state index in [4.69, 9.17) is 15.0 Å². The van der Waals surface area contributed by atoms with Crippen molar-refractivity contribution in [2.75, 3.05) is 0 Å². The molecule has 4 aromatic carbocycles. The molecule has 0 spiro atoms. The summed E-state index contributed by atoms with van der Waals surface area (Å²) in [7, 11) is 0. The van der Waals surface area contributed by atoms with Crippen molar-refractivity contribution >= 4 is 11.0 Å². The first-order valence-corrected chi connectivity index (χ1v) is 11.3. The van der Waals surface area contributed by atoms with E-state index < -0.39 is 0 Å². The van der Waals surface area contributed by atoms with E-state index in [1.54, 1.807) is 0 Å². The first-order chi connectivity index (χ1) is 16.8. The van der Waals surface area contributed by atoms with E-state index in [1.807, 2.05) is 54.6 Å². The van der Waals surface area contributed by atoms with Gasteiger partial charge in [-0.25, -0.2) is 15.0 Å². The molecular weight excluding hydrogens is 414 g/mol. The number of pyridine rings is 1. The van der Waals surface area contributed by atoms with E-state index in [-0.39, 0.29) is 0 Å². The summed E-state index contributed by atoms with van der Waals surface area (Å²) in [6.45, 7) is 0. The lowest BCUT2D eigenvalue weighted by atomic mass is 10.0. The van der Waals surface area contributed by atoms with Crippen molar-refractivity contribution in [3.05, 3.63) is 127 Å². The normalized spacial score (nSPS) is 10.9. The van der Waals surface area contributed by atoms with Crippen molar-refractivity contribution < 1.29 is 0 Å². The van der Waals surface area contributed by atoms with E-state index in [2.05, 4.69) is 72.8 Å². The van der Waals surface area contributed by atoms with Crippen LogP contribution in [0.15, 0.2) is 127 Å². The van der Waals surface area contributed by atoms with Gasteiger partial charge in [-0.15, -0.1) is 0 Å². The van der Waals surface area contributed by atoms with Crippen LogP contribution < -0.4 is 0 Å². The van der Waals surface area contributed by atoms with Crippen molar-refractivity contribution in [2.24, 2.45) is 0 Å². The molecule has 0 atom stereocenters. The number of aromatic nitrogens is 3. The van der Waals surface area contributed by atoms with E-state index in [0.29, 0.717) is 5.82 Å². The smallest absolute Gasteiger partial charge is 0.160 e. The molecule has 160 valence electrons. The maximum Gasteiger partial charge on any atom is 0.160 e. The minimum atomic E-state index is 0.695. The van der Waals surface area contributed by atoms with Gasteiger partial charge in [-0.3, -0.25) is 0 Å². The Balaban J connectivity index is 1.50. The van der Waals surface area contributed by atoms with Crippen LogP contribution in [0.5, 0.6) is 0 Å². The summed E-state index contributed by atoms with van der Waals surface area (Å²) in [6.07, 6.45) is 0. The highest BCUT2D eigenvalue weighted by atomic mass is 14.9. The van der Waals surface area contributed by atoms with Crippen molar-refractivity contribution in [3.8, 4) is 45.0 Å². The Morgan fingerprint density at radius 2 is 0.882 bits per heavy atom. The molecule has 0 aliphatic rings. The number of nitrogens with zero attached hydrogens (tertiary/aromatic N) is 3. The average Bonchev–Trinajstić information content (AvgIpc) is 2.94. The topological polar surface area (TPSA) is 38.7 Å². The summed E-state index contributed by atoms with van der Waals surface area (Å²) >= 11 is 0. The van der Waals surface area contributed by atoms with Gasteiger partial charge in [0, 0.05) is 16.7 Å². The molecule has 0 fully saturated rings. The zero-order valence-corrected chi connectivity index (χ0v) is 18.5. The Morgan fingerprint density at radius 3 is 1.53 bits per heavy atom. The highest BCUT2D eigenvalue weighted by molar-refractivity contribution is 5.92. The third-order valence-electron chi connectivity index (χ3n) is 5.91. The van der Waals surface area contributed by atoms with Crippen LogP contribution in [-0.2, 0) is 0 Å². The van der Waals surface area contributed by atoms with Crippen LogP contribution in [0.1, 0.15) is 0 Å². The molecule has 3 nitrogen and oxygen atoms in total. The fourth-order valence-electron chi connectivity index (χ4n) is 4.15. The van der Waals surface area contributed by atoms with Gasteiger partial charge in [-0.05, 0) is 23.3 Å². The average molecular weight is 436 g/mol. The van der Waals surface area contributed by atoms with Crippen LogP contribution in [0.2, 0.25) is 0 Å². The second-order valence-electron chi connectivity index (χ2n) is 8.14. The Hall–Kier alpha value is -4.63. The van der Waals surface area contributed by atoms with Crippen LogP contribution in [0.4, 0.5) is 0 Å². The van der Waals surface area contributed by atoms with E-state index >= 15 is 0 Å². The van der Waals surface area contributed by atoms with Crippen molar-refractivity contribution in [1.29, 1.82) is 0 Å². The van der Waals surface area contributed by atoms with E-state index in [1.165, 1.54) is 11.1 Å². The molecule has 0 saturated heterocycles. The second-order valence-corrected chi connectivity index (χ2v) is 8.14. The molecule has 2 aromatic heterocycles. The fraction of sp³-hybridized carbons (Fsp3) is 0.